The van der Waals surface area contributed by atoms with Gasteiger partial charge in [-0.15, -0.1) is 0 Å². The van der Waals surface area contributed by atoms with Gasteiger partial charge in [-0.2, -0.15) is 0 Å². The average molecular weight is 596 g/mol. The van der Waals surface area contributed by atoms with Crippen molar-refractivity contribution in [1.82, 2.24) is 0 Å². The molecule has 39 heavy (non-hydrogen) atoms. The monoisotopic (exact) mass is 595 g/mol. The van der Waals surface area contributed by atoms with Crippen LogP contribution in [0.1, 0.15) is 65.2 Å². The van der Waals surface area contributed by atoms with E-state index in [0.29, 0.717) is 36.1 Å². The normalized spacial score (nSPS) is 41.5. The molecule has 0 aromatic heterocycles. The van der Waals surface area contributed by atoms with Gasteiger partial charge in [0.2, 0.25) is 0 Å². The summed E-state index contributed by atoms with van der Waals surface area (Å²) in [5.74, 6) is 3.32. The van der Waals surface area contributed by atoms with Crippen LogP contribution >= 0.6 is 0 Å². The SMILES string of the molecule is CO/N=C(\CO[Si](C)(C)C)[C@H]1CCC2C3CC[C@H]4C[C@H](O[Si](C)(C)C)CC[C@]4(C)C3[C@@H](O[Si](C)(C)C)C[C@@]21C. The van der Waals surface area contributed by atoms with E-state index in [0.717, 1.165) is 29.9 Å². The number of fused-ring (bicyclic) bond motifs is 5. The molecule has 0 amide bonds. The van der Waals surface area contributed by atoms with Gasteiger partial charge in [-0.1, -0.05) is 19.0 Å². The van der Waals surface area contributed by atoms with Gasteiger partial charge >= 0.3 is 0 Å². The standard InChI is InChI=1S/C31H61NO4Si3/c1-30-18-17-23(35-38(7,8)9)19-22(30)13-14-24-25-15-16-26(27(32-33-3)21-34-37(4,5)6)31(25,2)20-28(29(24)30)36-39(10,11)12/h22-26,28-29H,13-21H2,1-12H3/b32-27+/t22-,23+,24?,25?,26+,28-,29?,30-,31-/m0/s1. The summed E-state index contributed by atoms with van der Waals surface area (Å²) in [6, 6.07) is 0. The highest BCUT2D eigenvalue weighted by atomic mass is 28.4. The number of hydrogen-bond acceptors (Lipinski definition) is 5. The summed E-state index contributed by atoms with van der Waals surface area (Å²) in [5, 5.41) is 4.64. The molecular weight excluding hydrogens is 535 g/mol. The Balaban J connectivity index is 1.64. The van der Waals surface area contributed by atoms with Gasteiger partial charge in [-0.3, -0.25) is 0 Å². The molecule has 0 aromatic rings. The van der Waals surface area contributed by atoms with Crippen LogP contribution in [0.3, 0.4) is 0 Å². The van der Waals surface area contributed by atoms with Crippen molar-refractivity contribution in [3.8, 4) is 0 Å². The Morgan fingerprint density at radius 3 is 2.05 bits per heavy atom. The lowest BCUT2D eigenvalue weighted by atomic mass is 9.44. The van der Waals surface area contributed by atoms with Gasteiger partial charge in [-0.25, -0.2) is 0 Å². The molecule has 0 heterocycles. The fraction of sp³-hybridized carbons (Fsp3) is 0.968. The molecular formula is C31H61NO4Si3. The zero-order chi connectivity index (χ0) is 29.0. The molecule has 4 aliphatic rings. The van der Waals surface area contributed by atoms with Crippen LogP contribution in [-0.4, -0.2) is 56.6 Å². The first kappa shape index (κ1) is 31.9. The predicted octanol–water partition coefficient (Wildman–Crippen LogP) is 8.55. The zero-order valence-electron chi connectivity index (χ0n) is 27.5. The van der Waals surface area contributed by atoms with Crippen LogP contribution in [0.4, 0.5) is 0 Å². The number of oxime groups is 1. The fourth-order valence-corrected chi connectivity index (χ4v) is 12.6. The van der Waals surface area contributed by atoms with Gasteiger partial charge in [0.1, 0.15) is 7.11 Å². The van der Waals surface area contributed by atoms with Crippen molar-refractivity contribution in [2.75, 3.05) is 13.7 Å². The molecule has 0 saturated heterocycles. The van der Waals surface area contributed by atoms with Crippen LogP contribution < -0.4 is 0 Å². The van der Waals surface area contributed by atoms with Crippen LogP contribution in [-0.2, 0) is 18.1 Å². The van der Waals surface area contributed by atoms with E-state index in [2.05, 4.69) is 77.9 Å². The van der Waals surface area contributed by atoms with Gasteiger partial charge in [0.05, 0.1) is 12.3 Å². The third-order valence-electron chi connectivity index (χ3n) is 10.8. The van der Waals surface area contributed by atoms with Crippen molar-refractivity contribution in [3.63, 3.8) is 0 Å². The largest absolute Gasteiger partial charge is 0.415 e. The fourth-order valence-electron chi connectivity index (χ4n) is 9.62. The van der Waals surface area contributed by atoms with Crippen molar-refractivity contribution in [2.45, 2.75) is 136 Å². The van der Waals surface area contributed by atoms with Crippen molar-refractivity contribution >= 4 is 30.7 Å². The molecule has 9 atom stereocenters. The van der Waals surface area contributed by atoms with Gasteiger partial charge in [0, 0.05) is 18.1 Å². The van der Waals surface area contributed by atoms with E-state index >= 15 is 0 Å². The van der Waals surface area contributed by atoms with E-state index in [-0.39, 0.29) is 5.41 Å². The average Bonchev–Trinajstić information content (AvgIpc) is 3.10. The molecule has 4 saturated carbocycles. The van der Waals surface area contributed by atoms with Crippen molar-refractivity contribution in [3.05, 3.63) is 0 Å². The first-order valence-electron chi connectivity index (χ1n) is 16.0. The van der Waals surface area contributed by atoms with E-state index in [4.69, 9.17) is 18.1 Å². The number of hydrogen-bond donors (Lipinski definition) is 0. The Kier molecular flexibility index (Phi) is 9.21. The summed E-state index contributed by atoms with van der Waals surface area (Å²) in [6.45, 7) is 26.9. The number of rotatable bonds is 9. The molecule has 4 fully saturated rings. The molecule has 8 heteroatoms. The van der Waals surface area contributed by atoms with Crippen LogP contribution in [0, 0.1) is 40.4 Å². The number of nitrogens with zero attached hydrogens (tertiary/aromatic N) is 1. The van der Waals surface area contributed by atoms with E-state index in [1.54, 1.807) is 7.11 Å². The molecule has 0 radical (unpaired) electrons. The Labute approximate surface area is 243 Å². The molecule has 226 valence electrons. The quantitative estimate of drug-likeness (QED) is 0.152. The summed E-state index contributed by atoms with van der Waals surface area (Å²) < 4.78 is 20.4. The molecule has 4 rings (SSSR count). The van der Waals surface area contributed by atoms with E-state index in [1.165, 1.54) is 44.9 Å². The minimum atomic E-state index is -1.73. The highest BCUT2D eigenvalue weighted by molar-refractivity contribution is 6.70. The summed E-state index contributed by atoms with van der Waals surface area (Å²) in [6.07, 6.45) is 11.0. The molecule has 0 spiro atoms. The predicted molar refractivity (Wildman–Crippen MR) is 171 cm³/mol. The Hall–Kier alpha value is 0.000649. The van der Waals surface area contributed by atoms with Crippen molar-refractivity contribution in [2.24, 2.45) is 45.6 Å². The second kappa shape index (κ2) is 11.3. The van der Waals surface area contributed by atoms with E-state index in [1.807, 2.05) is 0 Å². The highest BCUT2D eigenvalue weighted by Gasteiger charge is 2.64. The lowest BCUT2D eigenvalue weighted by Crippen LogP contribution is -2.61. The minimum absolute atomic E-state index is 0.187. The molecule has 3 unspecified atom stereocenters. The molecule has 0 N–H and O–H groups in total. The second-order valence-electron chi connectivity index (χ2n) is 17.0. The lowest BCUT2D eigenvalue weighted by molar-refractivity contribution is -0.168. The zero-order valence-corrected chi connectivity index (χ0v) is 30.5. The Morgan fingerprint density at radius 1 is 0.795 bits per heavy atom. The molecule has 0 bridgehead atoms. The minimum Gasteiger partial charge on any atom is -0.415 e. The summed E-state index contributed by atoms with van der Waals surface area (Å²) in [7, 11) is -3.21. The Bertz CT molecular complexity index is 894. The van der Waals surface area contributed by atoms with Crippen LogP contribution in [0.2, 0.25) is 58.9 Å². The highest BCUT2D eigenvalue weighted by Crippen LogP contribution is 2.68. The molecule has 4 aliphatic carbocycles. The van der Waals surface area contributed by atoms with Gasteiger partial charge in [0.25, 0.3) is 0 Å². The molecule has 5 nitrogen and oxygen atoms in total. The van der Waals surface area contributed by atoms with Crippen molar-refractivity contribution in [1.29, 1.82) is 0 Å². The van der Waals surface area contributed by atoms with Gasteiger partial charge < -0.3 is 18.1 Å². The summed E-state index contributed by atoms with van der Waals surface area (Å²) in [5.41, 5.74) is 1.68. The van der Waals surface area contributed by atoms with Crippen LogP contribution in [0.15, 0.2) is 5.16 Å². The second-order valence-corrected chi connectivity index (χ2v) is 30.4. The maximum Gasteiger partial charge on any atom is 0.184 e. The molecule has 0 aromatic carbocycles. The van der Waals surface area contributed by atoms with E-state index < -0.39 is 25.0 Å². The summed E-state index contributed by atoms with van der Waals surface area (Å²) in [4.78, 5) is 5.44. The van der Waals surface area contributed by atoms with Crippen LogP contribution in [0.25, 0.3) is 0 Å². The van der Waals surface area contributed by atoms with E-state index in [9.17, 15) is 0 Å². The maximum absolute atomic E-state index is 7.26. The maximum atomic E-state index is 7.26. The topological polar surface area (TPSA) is 49.3 Å². The van der Waals surface area contributed by atoms with Crippen molar-refractivity contribution < 1.29 is 18.1 Å². The smallest absolute Gasteiger partial charge is 0.184 e. The Morgan fingerprint density at radius 2 is 1.46 bits per heavy atom. The first-order valence-corrected chi connectivity index (χ1v) is 26.2. The third kappa shape index (κ3) is 6.98. The van der Waals surface area contributed by atoms with Gasteiger partial charge in [-0.05, 0) is 145 Å². The van der Waals surface area contributed by atoms with Gasteiger partial charge in [0.15, 0.2) is 25.0 Å². The molecule has 0 aliphatic heterocycles. The third-order valence-corrected chi connectivity index (χ3v) is 13.9. The summed E-state index contributed by atoms with van der Waals surface area (Å²) >= 11 is 0. The van der Waals surface area contributed by atoms with Crippen LogP contribution in [0.5, 0.6) is 0 Å². The lowest BCUT2D eigenvalue weighted by Gasteiger charge is -2.64. The first-order chi connectivity index (χ1) is 17.9.